The molecule has 0 heterocycles. The van der Waals surface area contributed by atoms with Crippen LogP contribution in [0.1, 0.15) is 43.0 Å². The third-order valence-corrected chi connectivity index (χ3v) is 3.13. The zero-order valence-electron chi connectivity index (χ0n) is 12.4. The van der Waals surface area contributed by atoms with Gasteiger partial charge in [-0.3, -0.25) is 9.59 Å². The van der Waals surface area contributed by atoms with E-state index >= 15 is 0 Å². The van der Waals surface area contributed by atoms with E-state index in [-0.39, 0.29) is 11.7 Å². The highest BCUT2D eigenvalue weighted by Crippen LogP contribution is 2.09. The molecule has 1 aromatic carbocycles. The van der Waals surface area contributed by atoms with Crippen molar-refractivity contribution in [1.29, 1.82) is 0 Å². The molecule has 5 nitrogen and oxygen atoms in total. The number of carbonyl (C=O) groups is 3. The predicted octanol–water partition coefficient (Wildman–Crippen LogP) is 2.11. The Morgan fingerprint density at radius 3 is 2.43 bits per heavy atom. The van der Waals surface area contributed by atoms with Crippen molar-refractivity contribution in [2.75, 3.05) is 7.11 Å². The molecule has 114 valence electrons. The van der Waals surface area contributed by atoms with Crippen LogP contribution in [-0.4, -0.2) is 30.8 Å². The number of carbonyl (C=O) groups excluding carboxylic acids is 3. The lowest BCUT2D eigenvalue weighted by Gasteiger charge is -2.15. The largest absolute Gasteiger partial charge is 0.467 e. The predicted molar refractivity (Wildman–Crippen MR) is 78.9 cm³/mol. The van der Waals surface area contributed by atoms with Crippen molar-refractivity contribution in [3.63, 3.8) is 0 Å². The Balaban J connectivity index is 2.48. The highest BCUT2D eigenvalue weighted by molar-refractivity contribution is 5.96. The second-order valence-electron chi connectivity index (χ2n) is 4.68. The monoisotopic (exact) mass is 291 g/mol. The minimum atomic E-state index is -0.689. The van der Waals surface area contributed by atoms with E-state index in [4.69, 9.17) is 0 Å². The zero-order valence-corrected chi connectivity index (χ0v) is 12.4. The molecule has 0 saturated heterocycles. The van der Waals surface area contributed by atoms with Crippen molar-refractivity contribution < 1.29 is 19.1 Å². The van der Waals surface area contributed by atoms with Crippen molar-refractivity contribution in [2.45, 2.75) is 38.6 Å². The summed E-state index contributed by atoms with van der Waals surface area (Å²) in [4.78, 5) is 34.9. The van der Waals surface area contributed by atoms with Gasteiger partial charge < -0.3 is 10.1 Å². The molecule has 1 amide bonds. The molecule has 0 radical (unpaired) electrons. The number of hydrogen-bond acceptors (Lipinski definition) is 4. The maximum atomic E-state index is 11.9. The maximum absolute atomic E-state index is 11.9. The zero-order chi connectivity index (χ0) is 15.7. The molecule has 0 aliphatic carbocycles. The van der Waals surface area contributed by atoms with Crippen LogP contribution in [0.3, 0.4) is 0 Å². The number of hydrogen-bond donors (Lipinski definition) is 1. The summed E-state index contributed by atoms with van der Waals surface area (Å²) in [6.45, 7) is 1.71. The Morgan fingerprint density at radius 2 is 1.86 bits per heavy atom. The topological polar surface area (TPSA) is 72.5 Å². The molecule has 1 rings (SSSR count). The summed E-state index contributed by atoms with van der Waals surface area (Å²) in [5.74, 6) is -0.662. The summed E-state index contributed by atoms with van der Waals surface area (Å²) in [7, 11) is 1.28. The summed E-state index contributed by atoms with van der Waals surface area (Å²) >= 11 is 0. The SMILES string of the molecule is CCC(=O)N[C@@H](CCCC(=O)c1ccccc1)C(=O)OC. The van der Waals surface area contributed by atoms with Crippen LogP contribution in [0.4, 0.5) is 0 Å². The van der Waals surface area contributed by atoms with Gasteiger partial charge in [0, 0.05) is 18.4 Å². The normalized spacial score (nSPS) is 11.5. The lowest BCUT2D eigenvalue weighted by molar-refractivity contribution is -0.145. The van der Waals surface area contributed by atoms with Crippen molar-refractivity contribution >= 4 is 17.7 Å². The van der Waals surface area contributed by atoms with Crippen LogP contribution in [0.2, 0.25) is 0 Å². The van der Waals surface area contributed by atoms with Crippen molar-refractivity contribution in [3.8, 4) is 0 Å². The maximum Gasteiger partial charge on any atom is 0.328 e. The minimum Gasteiger partial charge on any atom is -0.467 e. The second-order valence-corrected chi connectivity index (χ2v) is 4.68. The number of benzene rings is 1. The van der Waals surface area contributed by atoms with E-state index in [2.05, 4.69) is 10.1 Å². The molecule has 1 atom stereocenters. The van der Waals surface area contributed by atoms with Crippen LogP contribution in [0.15, 0.2) is 30.3 Å². The van der Waals surface area contributed by atoms with E-state index in [1.54, 1.807) is 19.1 Å². The highest BCUT2D eigenvalue weighted by Gasteiger charge is 2.20. The smallest absolute Gasteiger partial charge is 0.328 e. The van der Waals surface area contributed by atoms with Gasteiger partial charge in [-0.05, 0) is 12.8 Å². The summed E-state index contributed by atoms with van der Waals surface area (Å²) < 4.78 is 4.66. The van der Waals surface area contributed by atoms with Crippen molar-refractivity contribution in [2.24, 2.45) is 0 Å². The Bertz CT molecular complexity index is 484. The van der Waals surface area contributed by atoms with Gasteiger partial charge in [-0.25, -0.2) is 4.79 Å². The molecule has 0 spiro atoms. The van der Waals surface area contributed by atoms with Crippen LogP contribution >= 0.6 is 0 Å². The first-order chi connectivity index (χ1) is 10.1. The Hall–Kier alpha value is -2.17. The number of ether oxygens (including phenoxy) is 1. The van der Waals surface area contributed by atoms with Gasteiger partial charge in [0.1, 0.15) is 6.04 Å². The molecule has 1 aromatic rings. The van der Waals surface area contributed by atoms with Gasteiger partial charge in [0.25, 0.3) is 0 Å². The molecule has 0 bridgehead atoms. The van der Waals surface area contributed by atoms with Crippen molar-refractivity contribution in [3.05, 3.63) is 35.9 Å². The lowest BCUT2D eigenvalue weighted by atomic mass is 10.0. The van der Waals surface area contributed by atoms with E-state index in [1.807, 2.05) is 18.2 Å². The number of nitrogens with one attached hydrogen (secondary N) is 1. The standard InChI is InChI=1S/C16H21NO4/c1-3-15(19)17-13(16(20)21-2)10-7-11-14(18)12-8-5-4-6-9-12/h4-6,8-9,13H,3,7,10-11H2,1-2H3,(H,17,19)/t13-/m0/s1. The van der Waals surface area contributed by atoms with Crippen molar-refractivity contribution in [1.82, 2.24) is 5.32 Å². The number of methoxy groups -OCH3 is 1. The average Bonchev–Trinajstić information content (AvgIpc) is 2.53. The fourth-order valence-electron chi connectivity index (χ4n) is 1.92. The first-order valence-corrected chi connectivity index (χ1v) is 7.04. The fourth-order valence-corrected chi connectivity index (χ4v) is 1.92. The van der Waals surface area contributed by atoms with Crippen LogP contribution in [0.25, 0.3) is 0 Å². The minimum absolute atomic E-state index is 0.0287. The first-order valence-electron chi connectivity index (χ1n) is 7.04. The molecule has 0 unspecified atom stereocenters. The van der Waals surface area contributed by atoms with E-state index in [1.165, 1.54) is 7.11 Å². The molecule has 1 N–H and O–H groups in total. The molecule has 0 fully saturated rings. The Morgan fingerprint density at radius 1 is 1.19 bits per heavy atom. The van der Waals surface area contributed by atoms with E-state index in [0.29, 0.717) is 31.2 Å². The summed E-state index contributed by atoms with van der Waals surface area (Å²) in [5, 5.41) is 2.61. The van der Waals surface area contributed by atoms with Gasteiger partial charge in [-0.15, -0.1) is 0 Å². The van der Waals surface area contributed by atoms with Gasteiger partial charge in [0.05, 0.1) is 7.11 Å². The molecular weight excluding hydrogens is 270 g/mol. The molecule has 0 aromatic heterocycles. The van der Waals surface area contributed by atoms with Gasteiger partial charge in [0.15, 0.2) is 5.78 Å². The van der Waals surface area contributed by atoms with Gasteiger partial charge in [0.2, 0.25) is 5.91 Å². The highest BCUT2D eigenvalue weighted by atomic mass is 16.5. The molecule has 5 heteroatoms. The van der Waals surface area contributed by atoms with Crippen LogP contribution in [0, 0.1) is 0 Å². The fraction of sp³-hybridized carbons (Fsp3) is 0.438. The third kappa shape index (κ3) is 5.77. The van der Waals surface area contributed by atoms with E-state index < -0.39 is 12.0 Å². The lowest BCUT2D eigenvalue weighted by Crippen LogP contribution is -2.41. The van der Waals surface area contributed by atoms with Crippen LogP contribution < -0.4 is 5.32 Å². The number of ketones is 1. The molecule has 0 saturated carbocycles. The van der Waals surface area contributed by atoms with Crippen LogP contribution in [0.5, 0.6) is 0 Å². The summed E-state index contributed by atoms with van der Waals surface area (Å²) in [6, 6.07) is 8.31. The molecular formula is C16H21NO4. The quantitative estimate of drug-likeness (QED) is 0.588. The summed E-state index contributed by atoms with van der Waals surface area (Å²) in [6.07, 6.45) is 1.53. The number of amides is 1. The number of esters is 1. The third-order valence-electron chi connectivity index (χ3n) is 3.13. The molecule has 0 aliphatic heterocycles. The number of rotatable bonds is 8. The first kappa shape index (κ1) is 16.9. The van der Waals surface area contributed by atoms with Gasteiger partial charge >= 0.3 is 5.97 Å². The van der Waals surface area contributed by atoms with Gasteiger partial charge in [-0.1, -0.05) is 37.3 Å². The number of Topliss-reactive ketones (excluding diaryl/α,β-unsaturated/α-hetero) is 1. The molecule has 21 heavy (non-hydrogen) atoms. The molecule has 0 aliphatic rings. The summed E-state index contributed by atoms with van der Waals surface area (Å²) in [5.41, 5.74) is 0.657. The van der Waals surface area contributed by atoms with Crippen LogP contribution in [-0.2, 0) is 14.3 Å². The second kappa shape index (κ2) is 8.89. The average molecular weight is 291 g/mol. The Kier molecular flexibility index (Phi) is 7.15. The Labute approximate surface area is 124 Å². The van der Waals surface area contributed by atoms with E-state index in [9.17, 15) is 14.4 Å². The van der Waals surface area contributed by atoms with E-state index in [0.717, 1.165) is 0 Å². The van der Waals surface area contributed by atoms with Gasteiger partial charge in [-0.2, -0.15) is 0 Å².